The van der Waals surface area contributed by atoms with Crippen molar-refractivity contribution >= 4 is 5.91 Å². The average Bonchev–Trinajstić information content (AvgIpc) is 2.80. The highest BCUT2D eigenvalue weighted by Crippen LogP contribution is 2.32. The fourth-order valence-electron chi connectivity index (χ4n) is 4.28. The lowest BCUT2D eigenvalue weighted by Gasteiger charge is -2.24. The van der Waals surface area contributed by atoms with Crippen LogP contribution in [0.1, 0.15) is 133 Å². The topological polar surface area (TPSA) is 20.3 Å². The van der Waals surface area contributed by atoms with E-state index in [1.807, 2.05) is 0 Å². The first-order valence-electron chi connectivity index (χ1n) is 13.4. The van der Waals surface area contributed by atoms with Gasteiger partial charge in [-0.3, -0.25) is 4.79 Å². The predicted molar refractivity (Wildman–Crippen MR) is 133 cm³/mol. The van der Waals surface area contributed by atoms with Crippen LogP contribution in [0.25, 0.3) is 0 Å². The van der Waals surface area contributed by atoms with Crippen LogP contribution in [-0.2, 0) is 6.18 Å². The number of rotatable bonds is 19. The molecular weight excluding hydrogens is 423 g/mol. The summed E-state index contributed by atoms with van der Waals surface area (Å²) in [5.74, 6) is -0.478. The monoisotopic (exact) mass is 469 g/mol. The zero-order chi connectivity index (χ0) is 24.4. The molecule has 1 aromatic carbocycles. The molecule has 0 unspecified atom stereocenters. The van der Waals surface area contributed by atoms with E-state index in [1.165, 1.54) is 82.4 Å². The highest BCUT2D eigenvalue weighted by Gasteiger charge is 2.35. The maximum absolute atomic E-state index is 13.5. The second kappa shape index (κ2) is 17.9. The number of alkyl halides is 3. The standard InChI is InChI=1S/C28H46F3NO/c1-3-5-7-9-11-13-15-19-23-32(24-20-16-14-12-10-8-6-4-2)27(33)25-21-17-18-22-26(25)28(29,30)31/h17-18,21-22H,3-16,19-20,23-24H2,1-2H3. The molecule has 0 spiro atoms. The summed E-state index contributed by atoms with van der Waals surface area (Å²) in [7, 11) is 0. The number of carbonyl (C=O) groups excluding carboxylic acids is 1. The molecule has 0 atom stereocenters. The lowest BCUT2D eigenvalue weighted by Crippen LogP contribution is -2.34. The molecule has 0 radical (unpaired) electrons. The summed E-state index contributed by atoms with van der Waals surface area (Å²) in [4.78, 5) is 14.8. The zero-order valence-electron chi connectivity index (χ0n) is 21.0. The van der Waals surface area contributed by atoms with Crippen molar-refractivity contribution in [2.24, 2.45) is 0 Å². The number of carbonyl (C=O) groups is 1. The number of benzene rings is 1. The van der Waals surface area contributed by atoms with Crippen LogP contribution in [0.4, 0.5) is 13.2 Å². The Hall–Kier alpha value is -1.52. The van der Waals surface area contributed by atoms with E-state index in [0.29, 0.717) is 13.1 Å². The fourth-order valence-corrected chi connectivity index (χ4v) is 4.28. The highest BCUT2D eigenvalue weighted by molar-refractivity contribution is 5.95. The third kappa shape index (κ3) is 13.1. The molecule has 0 N–H and O–H groups in total. The summed E-state index contributed by atoms with van der Waals surface area (Å²) in [6.07, 6.45) is 13.9. The molecule has 190 valence electrons. The Morgan fingerprint density at radius 2 is 1.06 bits per heavy atom. The van der Waals surface area contributed by atoms with E-state index < -0.39 is 17.6 Å². The summed E-state index contributed by atoms with van der Waals surface area (Å²) in [5.41, 5.74) is -1.05. The number of hydrogen-bond donors (Lipinski definition) is 0. The first-order valence-corrected chi connectivity index (χ1v) is 13.4. The third-order valence-corrected chi connectivity index (χ3v) is 6.31. The van der Waals surface area contributed by atoms with Crippen LogP contribution in [-0.4, -0.2) is 23.9 Å². The summed E-state index contributed by atoms with van der Waals surface area (Å²) < 4.78 is 40.4. The van der Waals surface area contributed by atoms with Gasteiger partial charge in [0.05, 0.1) is 11.1 Å². The predicted octanol–water partition coefficient (Wildman–Crippen LogP) is 9.43. The quantitative estimate of drug-likeness (QED) is 0.185. The summed E-state index contributed by atoms with van der Waals surface area (Å²) in [5, 5.41) is 0. The largest absolute Gasteiger partial charge is 0.417 e. The van der Waals surface area contributed by atoms with Gasteiger partial charge >= 0.3 is 6.18 Å². The minimum atomic E-state index is -4.52. The molecule has 5 heteroatoms. The Balaban J connectivity index is 2.59. The van der Waals surface area contributed by atoms with Crippen molar-refractivity contribution in [3.63, 3.8) is 0 Å². The molecular formula is C28H46F3NO. The number of halogens is 3. The van der Waals surface area contributed by atoms with Gasteiger partial charge in [0.1, 0.15) is 0 Å². The number of hydrogen-bond acceptors (Lipinski definition) is 1. The van der Waals surface area contributed by atoms with Gasteiger partial charge in [0.25, 0.3) is 5.91 Å². The van der Waals surface area contributed by atoms with Crippen molar-refractivity contribution < 1.29 is 18.0 Å². The summed E-state index contributed by atoms with van der Waals surface area (Å²) >= 11 is 0. The Morgan fingerprint density at radius 1 is 0.667 bits per heavy atom. The maximum atomic E-state index is 13.5. The van der Waals surface area contributed by atoms with Crippen LogP contribution < -0.4 is 0 Å². The Kier molecular flexibility index (Phi) is 16.0. The highest BCUT2D eigenvalue weighted by atomic mass is 19.4. The normalized spacial score (nSPS) is 11.7. The Bertz CT molecular complexity index is 610. The first-order chi connectivity index (χ1) is 15.9. The zero-order valence-corrected chi connectivity index (χ0v) is 21.0. The van der Waals surface area contributed by atoms with Gasteiger partial charge in [-0.1, -0.05) is 116 Å². The third-order valence-electron chi connectivity index (χ3n) is 6.31. The van der Waals surface area contributed by atoms with Crippen molar-refractivity contribution in [1.29, 1.82) is 0 Å². The molecule has 0 aliphatic rings. The molecule has 1 amide bonds. The maximum Gasteiger partial charge on any atom is 0.417 e. The molecule has 0 aliphatic heterocycles. The van der Waals surface area contributed by atoms with E-state index in [4.69, 9.17) is 0 Å². The lowest BCUT2D eigenvalue weighted by atomic mass is 10.0. The van der Waals surface area contributed by atoms with Crippen LogP contribution in [0.15, 0.2) is 24.3 Å². The number of unbranched alkanes of at least 4 members (excludes halogenated alkanes) is 14. The Morgan fingerprint density at radius 3 is 1.48 bits per heavy atom. The molecule has 0 bridgehead atoms. The molecule has 0 saturated heterocycles. The van der Waals surface area contributed by atoms with E-state index in [0.717, 1.165) is 44.6 Å². The van der Waals surface area contributed by atoms with Crippen LogP contribution in [0.5, 0.6) is 0 Å². The fraction of sp³-hybridized carbons (Fsp3) is 0.750. The van der Waals surface area contributed by atoms with Gasteiger partial charge in [0.2, 0.25) is 0 Å². The smallest absolute Gasteiger partial charge is 0.339 e. The summed E-state index contributed by atoms with van der Waals surface area (Å²) in [6.45, 7) is 5.48. The van der Waals surface area contributed by atoms with Gasteiger partial charge in [0, 0.05) is 13.1 Å². The molecule has 0 aromatic heterocycles. The summed E-state index contributed by atoms with van der Waals surface area (Å²) in [6, 6.07) is 5.20. The SMILES string of the molecule is CCCCCCCCCCN(CCCCCCCCCC)C(=O)c1ccccc1C(F)(F)F. The molecule has 1 aromatic rings. The molecule has 0 fully saturated rings. The van der Waals surface area contributed by atoms with Crippen molar-refractivity contribution in [2.75, 3.05) is 13.1 Å². The van der Waals surface area contributed by atoms with E-state index in [2.05, 4.69) is 13.8 Å². The van der Waals surface area contributed by atoms with E-state index in [1.54, 1.807) is 4.90 Å². The molecule has 0 aliphatic carbocycles. The van der Waals surface area contributed by atoms with Gasteiger partial charge in [0.15, 0.2) is 0 Å². The van der Waals surface area contributed by atoms with E-state index in [9.17, 15) is 18.0 Å². The molecule has 0 saturated carbocycles. The van der Waals surface area contributed by atoms with E-state index >= 15 is 0 Å². The second-order valence-corrected chi connectivity index (χ2v) is 9.29. The molecule has 2 nitrogen and oxygen atoms in total. The van der Waals surface area contributed by atoms with E-state index in [-0.39, 0.29) is 5.56 Å². The van der Waals surface area contributed by atoms with Crippen LogP contribution >= 0.6 is 0 Å². The minimum absolute atomic E-state index is 0.218. The van der Waals surface area contributed by atoms with Crippen LogP contribution in [0, 0.1) is 0 Å². The van der Waals surface area contributed by atoms with Gasteiger partial charge in [-0.15, -0.1) is 0 Å². The van der Waals surface area contributed by atoms with Gasteiger partial charge in [-0.2, -0.15) is 13.2 Å². The van der Waals surface area contributed by atoms with Crippen LogP contribution in [0.2, 0.25) is 0 Å². The van der Waals surface area contributed by atoms with Crippen molar-refractivity contribution in [1.82, 2.24) is 4.90 Å². The Labute approximate surface area is 200 Å². The van der Waals surface area contributed by atoms with Gasteiger partial charge < -0.3 is 4.90 Å². The van der Waals surface area contributed by atoms with Gasteiger partial charge in [-0.25, -0.2) is 0 Å². The second-order valence-electron chi connectivity index (χ2n) is 9.29. The van der Waals surface area contributed by atoms with Crippen molar-refractivity contribution in [3.8, 4) is 0 Å². The first kappa shape index (κ1) is 29.5. The molecule has 0 heterocycles. The minimum Gasteiger partial charge on any atom is -0.339 e. The molecule has 1 rings (SSSR count). The lowest BCUT2D eigenvalue weighted by molar-refractivity contribution is -0.138. The van der Waals surface area contributed by atoms with Crippen molar-refractivity contribution in [2.45, 2.75) is 123 Å². The number of nitrogens with zero attached hydrogens (tertiary/aromatic N) is 1. The van der Waals surface area contributed by atoms with Gasteiger partial charge in [-0.05, 0) is 25.0 Å². The van der Waals surface area contributed by atoms with Crippen molar-refractivity contribution in [3.05, 3.63) is 35.4 Å². The molecule has 33 heavy (non-hydrogen) atoms. The van der Waals surface area contributed by atoms with Crippen LogP contribution in [0.3, 0.4) is 0 Å². The average molecular weight is 470 g/mol. The number of amides is 1.